The molecule has 0 aliphatic rings. The van der Waals surface area contributed by atoms with Crippen LogP contribution >= 0.6 is 0 Å². The summed E-state index contributed by atoms with van der Waals surface area (Å²) in [6.07, 6.45) is 26.6. The van der Waals surface area contributed by atoms with E-state index in [9.17, 15) is 40.9 Å². The predicted molar refractivity (Wildman–Crippen MR) is 590 cm³/mol. The van der Waals surface area contributed by atoms with E-state index in [1.807, 2.05) is 257 Å². The number of phenolic OH excluding ortho intramolecular Hbond substituents is 8. The molecule has 150 heavy (non-hydrogen) atoms. The van der Waals surface area contributed by atoms with E-state index in [0.29, 0.717) is 78.1 Å². The summed E-state index contributed by atoms with van der Waals surface area (Å²) >= 11 is 11.3. The van der Waals surface area contributed by atoms with Gasteiger partial charge in [-0.25, -0.2) is 59.9 Å². The van der Waals surface area contributed by atoms with E-state index in [-0.39, 0.29) is 163 Å². The van der Waals surface area contributed by atoms with Crippen LogP contribution in [0, 0.1) is 13.8 Å². The minimum Gasteiger partial charge on any atom is -0.779 e. The van der Waals surface area contributed by atoms with Gasteiger partial charge in [0.25, 0.3) is 0 Å². The van der Waals surface area contributed by atoms with Gasteiger partial charge in [-0.3, -0.25) is 20.0 Å². The van der Waals surface area contributed by atoms with E-state index in [1.165, 1.54) is 24.8 Å². The summed E-state index contributed by atoms with van der Waals surface area (Å²) < 4.78 is 0. The predicted octanol–water partition coefficient (Wildman–Crippen LogP) is 25.3. The van der Waals surface area contributed by atoms with Gasteiger partial charge in [0, 0.05) is 252 Å². The Morgan fingerprint density at radius 3 is 0.773 bits per heavy atom. The molecular weight excluding hydrogens is 2820 g/mol. The summed E-state index contributed by atoms with van der Waals surface area (Å²) in [6, 6.07) is 108. The summed E-state index contributed by atoms with van der Waals surface area (Å²) in [5.41, 5.74) is 15.3. The zero-order valence-corrected chi connectivity index (χ0v) is 94.3. The molecule has 8 N–H and O–H groups in total. The summed E-state index contributed by atoms with van der Waals surface area (Å²) in [4.78, 5) is 73.6. The van der Waals surface area contributed by atoms with Crippen molar-refractivity contribution in [1.82, 2.24) is 29.9 Å². The molecule has 3 aromatic heterocycles. The number of hydrogen-bond donors (Lipinski definition) is 8. The van der Waals surface area contributed by atoms with E-state index >= 15 is 0 Å². The second-order valence-corrected chi connectivity index (χ2v) is 33.4. The molecule has 0 amide bonds. The van der Waals surface area contributed by atoms with Crippen LogP contribution in [0.1, 0.15) is 123 Å². The smallest absolute Gasteiger partial charge is 0.779 e. The molecule has 0 aliphatic carbocycles. The summed E-state index contributed by atoms with van der Waals surface area (Å²) in [5, 5.41) is 78.6. The van der Waals surface area contributed by atoms with Crippen LogP contribution in [-0.2, 0) is 131 Å². The fraction of sp³-hybridized carbons (Fsp3) is 0.109. The molecular formula is C119H106N16O8Pt5S2. The molecule has 0 spiro atoms. The number of phenols is 8. The average Bonchev–Trinajstić information content (AvgIpc) is 0.885. The molecule has 0 radical (unpaired) electrons. The molecule has 0 bridgehead atoms. The van der Waals surface area contributed by atoms with Gasteiger partial charge in [-0.05, 0) is 154 Å². The van der Waals surface area contributed by atoms with Gasteiger partial charge in [-0.2, -0.15) is 9.79 Å². The number of rotatable bonds is 33. The Morgan fingerprint density at radius 1 is 0.247 bits per heavy atom. The van der Waals surface area contributed by atoms with Gasteiger partial charge >= 0.3 is 21.1 Å². The molecule has 0 atom stereocenters. The van der Waals surface area contributed by atoms with Gasteiger partial charge in [-0.15, -0.1) is 0 Å². The Balaban J connectivity index is 0.000000230. The number of aromatic hydroxyl groups is 8. The number of para-hydroxylation sites is 6. The van der Waals surface area contributed by atoms with Crippen molar-refractivity contribution in [2.24, 2.45) is 49.9 Å². The van der Waals surface area contributed by atoms with Crippen molar-refractivity contribution in [3.8, 4) is 68.5 Å². The third-order valence-electron chi connectivity index (χ3n) is 21.7. The van der Waals surface area contributed by atoms with Crippen molar-refractivity contribution in [2.45, 2.75) is 68.6 Å². The van der Waals surface area contributed by atoms with E-state index in [4.69, 9.17) is 45.2 Å². The quantitative estimate of drug-likeness (QED) is 0.0108. The minimum absolute atomic E-state index is 0. The van der Waals surface area contributed by atoms with Crippen LogP contribution in [0.3, 0.4) is 0 Å². The molecule has 17 aromatic rings. The van der Waals surface area contributed by atoms with Crippen LogP contribution in [0.2, 0.25) is 0 Å². The minimum atomic E-state index is 0. The monoisotopic (exact) mass is 2930 g/mol. The molecule has 3 heterocycles. The van der Waals surface area contributed by atoms with Crippen LogP contribution < -0.4 is 0 Å². The Labute approximate surface area is 956 Å². The van der Waals surface area contributed by atoms with Gasteiger partial charge in [0.2, 0.25) is 0 Å². The molecule has 0 unspecified atom stereocenters. The second kappa shape index (κ2) is 65.9. The Morgan fingerprint density at radius 2 is 0.480 bits per heavy atom. The molecule has 0 saturated heterocycles. The molecule has 17 rings (SSSR count). The van der Waals surface area contributed by atoms with Gasteiger partial charge in [0.15, 0.2) is 34.9 Å². The number of aryl methyl sites for hydroxylation is 2. The van der Waals surface area contributed by atoms with Crippen molar-refractivity contribution in [1.29, 1.82) is 0 Å². The summed E-state index contributed by atoms with van der Waals surface area (Å²) in [7, 11) is 0. The number of unbranched alkanes of at least 4 members (excludes halogenated alkanes) is 5. The first-order valence-corrected chi connectivity index (χ1v) is 47.7. The van der Waals surface area contributed by atoms with Crippen LogP contribution in [0.25, 0.3) is 22.5 Å². The molecule has 31 heteroatoms. The molecule has 0 saturated carbocycles. The largest absolute Gasteiger partial charge is 2.00 e. The number of nitrogens with zero attached hydrogens (tertiary/aromatic N) is 16. The van der Waals surface area contributed by atoms with Crippen LogP contribution in [0.5, 0.6) is 46.0 Å². The van der Waals surface area contributed by atoms with Gasteiger partial charge in [0.05, 0.1) is 22.8 Å². The van der Waals surface area contributed by atoms with E-state index in [1.54, 1.807) is 159 Å². The average molecular weight is 2930 g/mol. The zero-order chi connectivity index (χ0) is 101. The first kappa shape index (κ1) is 121. The normalized spacial score (nSPS) is 11.2. The molecule has 0 fully saturated rings. The summed E-state index contributed by atoms with van der Waals surface area (Å²) in [6.45, 7) is 6.94. The molecule has 24 nitrogen and oxygen atoms in total. The van der Waals surface area contributed by atoms with E-state index < -0.39 is 0 Å². The topological polar surface area (TPSA) is 363 Å². The van der Waals surface area contributed by atoms with Crippen LogP contribution in [0.4, 0.5) is 34.9 Å². The van der Waals surface area contributed by atoms with Crippen molar-refractivity contribution >= 4 is 121 Å². The van der Waals surface area contributed by atoms with Gasteiger partial charge in [-0.1, -0.05) is 279 Å². The SMILES string of the molecule is Cc1ccc(O)c(C=Nc2nc(-c3ccccc3)c(-c3ccccc3)nc2N=Cc2cc(C)ccc2O)c1.Oc1ccccc1C=NCCCCCCN=Cc1ccccc1O.Oc1ccccc1C=NCCCCCN=Cc1ccccc1O.Oc1ccccc1C=Nc1nccnc1N=Cc1ccccc1O.[Pt+2].[Pt].[Pt].[Pt].[Pt].[S-]c1ccccc1C(=Nc1nccnc1N=C(c1ccccc1)c1ccccc1[S-])c1ccccc1. The Hall–Kier alpha value is -14.7. The first-order valence-electron chi connectivity index (χ1n) is 46.9. The maximum Gasteiger partial charge on any atom is 2.00 e. The molecule has 0 aliphatic heterocycles. The maximum atomic E-state index is 10.3. The fourth-order valence-electron chi connectivity index (χ4n) is 14.1. The van der Waals surface area contributed by atoms with Crippen LogP contribution in [0.15, 0.2) is 436 Å². The zero-order valence-electron chi connectivity index (χ0n) is 81.3. The Bertz CT molecular complexity index is 7010. The van der Waals surface area contributed by atoms with Crippen molar-refractivity contribution in [2.75, 3.05) is 26.2 Å². The third-order valence-corrected chi connectivity index (χ3v) is 22.4. The number of aliphatic imine (C=N–C) groups is 10. The molecule has 14 aromatic carbocycles. The van der Waals surface area contributed by atoms with E-state index in [0.717, 1.165) is 138 Å². The van der Waals surface area contributed by atoms with Crippen molar-refractivity contribution in [3.05, 3.63) is 455 Å². The van der Waals surface area contributed by atoms with Crippen LogP contribution in [-0.4, -0.2) is 158 Å². The second-order valence-electron chi connectivity index (χ2n) is 32.5. The van der Waals surface area contributed by atoms with Gasteiger partial charge in [0.1, 0.15) is 46.0 Å². The standard InChI is InChI=1S/C32H26N4O2.C30H22N4S2.C20H24N2O2.C19H22N2O2.C18H14N4O2.5Pt/c1-21-13-15-27(37)25(17-21)19-33-31-32(34-20-26-18-22(2)14-16-28(26)38)36-30(24-11-7-4-8-12-24)29(35-31)23-9-5-3-6-10-23;35-25-17-9-7-15-23(25)27(21-11-3-1-4-12-21)33-29-30(32-20-19-31-29)34-28(22-13-5-2-6-14-22)24-16-8-10-18-26(24)36;23-19-11-5-3-9-17(19)15-21-13-7-1-2-8-14-22-16-18-10-4-6-12-20(18)24;22-18-10-4-2-8-16(18)14-20-12-6-1-7-13-21-15-17-9-3-5-11-19(17)23;23-15-7-3-1-5-13(15)11-21-17-18(20-10-9-19-17)22-12-14-6-2-4-8-16(14)24;;;;;/h3-20,37-38H,1-2H3;1-20,35-36H;3-6,9-12,15-16,23-24H,1-2,7-8,13-14H2;2-5,8-11,14-15,22-23H,1,6-7,12-13H2;1-12,23-24H;;;;;/q;;;;;;;;;+2/p-2. The maximum absolute atomic E-state index is 10.3. The van der Waals surface area contributed by atoms with Crippen molar-refractivity contribution < 1.29 is 146 Å². The number of benzene rings is 14. The number of hydrogen-bond acceptors (Lipinski definition) is 26. The van der Waals surface area contributed by atoms with E-state index in [2.05, 4.69) is 59.9 Å². The number of aromatic nitrogens is 6. The third kappa shape index (κ3) is 38.5. The first-order chi connectivity index (χ1) is 71.0. The summed E-state index contributed by atoms with van der Waals surface area (Å²) in [5.74, 6) is 3.53. The van der Waals surface area contributed by atoms with Crippen molar-refractivity contribution in [3.63, 3.8) is 0 Å². The molecule has 772 valence electrons. The Kier molecular flexibility index (Phi) is 52.9. The van der Waals surface area contributed by atoms with Gasteiger partial charge < -0.3 is 66.1 Å². The fourth-order valence-corrected chi connectivity index (χ4v) is 14.6.